The van der Waals surface area contributed by atoms with Crippen LogP contribution in [-0.4, -0.2) is 49.7 Å². The zero-order valence-electron chi connectivity index (χ0n) is 14.7. The lowest BCUT2D eigenvalue weighted by molar-refractivity contribution is 0.0770. The van der Waals surface area contributed by atoms with Gasteiger partial charge in [0, 0.05) is 24.3 Å². The Hall–Kier alpha value is -2.74. The number of hydrogen-bond acceptors (Lipinski definition) is 4. The van der Waals surface area contributed by atoms with Crippen molar-refractivity contribution in [3.05, 3.63) is 65.0 Å². The molecule has 1 fully saturated rings. The number of halogens is 1. The molecular weight excluding hydrogens is 371 g/mol. The average molecular weight is 390 g/mol. The van der Waals surface area contributed by atoms with Gasteiger partial charge in [-0.05, 0) is 36.8 Å². The van der Waals surface area contributed by atoms with Crippen LogP contribution in [0.25, 0.3) is 0 Å². The Labute approximate surface area is 156 Å². The van der Waals surface area contributed by atoms with E-state index in [1.165, 1.54) is 29.2 Å². The highest BCUT2D eigenvalue weighted by atomic mass is 32.2. The Bertz CT molecular complexity index is 991. The van der Waals surface area contributed by atoms with Crippen LogP contribution in [0.2, 0.25) is 0 Å². The van der Waals surface area contributed by atoms with E-state index in [1.54, 1.807) is 25.1 Å². The number of hydrogen-bond donors (Lipinski definition) is 1. The molecule has 2 amide bonds. The summed E-state index contributed by atoms with van der Waals surface area (Å²) in [5.41, 5.74) is 1.37. The molecule has 27 heavy (non-hydrogen) atoms. The minimum atomic E-state index is -3.08. The minimum Gasteiger partial charge on any atom is -0.337 e. The van der Waals surface area contributed by atoms with Gasteiger partial charge in [0.15, 0.2) is 9.84 Å². The van der Waals surface area contributed by atoms with Crippen LogP contribution in [0.5, 0.6) is 0 Å². The predicted molar refractivity (Wildman–Crippen MR) is 100 cm³/mol. The molecule has 2 aromatic rings. The molecular formula is C19H19FN2O4S. The number of nitrogens with one attached hydrogen (secondary N) is 1. The Morgan fingerprint density at radius 3 is 2.41 bits per heavy atom. The lowest BCUT2D eigenvalue weighted by Crippen LogP contribution is -2.43. The molecule has 2 aromatic carbocycles. The van der Waals surface area contributed by atoms with Gasteiger partial charge in [0.25, 0.3) is 11.8 Å². The molecule has 0 aromatic heterocycles. The van der Waals surface area contributed by atoms with Gasteiger partial charge >= 0.3 is 0 Å². The summed E-state index contributed by atoms with van der Waals surface area (Å²) in [5, 5.41) is 2.63. The monoisotopic (exact) mass is 390 g/mol. The first-order valence-corrected chi connectivity index (χ1v) is 10.3. The van der Waals surface area contributed by atoms with E-state index in [1.807, 2.05) is 0 Å². The predicted octanol–water partition coefficient (Wildman–Crippen LogP) is 2.26. The lowest BCUT2D eigenvalue weighted by Gasteiger charge is -2.27. The Balaban J connectivity index is 1.79. The summed E-state index contributed by atoms with van der Waals surface area (Å²) in [6, 6.07) is 10.5. The van der Waals surface area contributed by atoms with Gasteiger partial charge in [-0.1, -0.05) is 18.2 Å². The van der Waals surface area contributed by atoms with Crippen LogP contribution in [0.15, 0.2) is 42.5 Å². The number of benzene rings is 2. The standard InChI is InChI=1S/C19H19FN2O4S/c1-13-6-7-14(19(24)22-8-10-27(25,26)11-9-22)12-17(13)21-18(23)15-4-2-3-5-16(15)20/h2-7,12H,8-11H2,1H3,(H,21,23). The maximum atomic E-state index is 13.8. The van der Waals surface area contributed by atoms with E-state index in [4.69, 9.17) is 0 Å². The van der Waals surface area contributed by atoms with Gasteiger partial charge in [-0.15, -0.1) is 0 Å². The van der Waals surface area contributed by atoms with Crippen LogP contribution in [0.4, 0.5) is 10.1 Å². The first-order valence-electron chi connectivity index (χ1n) is 8.43. The summed E-state index contributed by atoms with van der Waals surface area (Å²) in [7, 11) is -3.08. The first kappa shape index (κ1) is 19.0. The number of carbonyl (C=O) groups is 2. The molecule has 0 spiro atoms. The maximum Gasteiger partial charge on any atom is 0.258 e. The molecule has 3 rings (SSSR count). The Morgan fingerprint density at radius 2 is 1.74 bits per heavy atom. The minimum absolute atomic E-state index is 0.0541. The van der Waals surface area contributed by atoms with E-state index in [2.05, 4.69) is 5.32 Å². The molecule has 1 heterocycles. The molecule has 1 aliphatic rings. The van der Waals surface area contributed by atoms with Crippen molar-refractivity contribution in [2.75, 3.05) is 29.9 Å². The number of aryl methyl sites for hydroxylation is 1. The summed E-state index contributed by atoms with van der Waals surface area (Å²) >= 11 is 0. The number of rotatable bonds is 3. The molecule has 0 aliphatic carbocycles. The van der Waals surface area contributed by atoms with Crippen LogP contribution in [0, 0.1) is 12.7 Å². The summed E-state index contributed by atoms with van der Waals surface area (Å²) < 4.78 is 36.8. The van der Waals surface area contributed by atoms with E-state index in [0.29, 0.717) is 11.3 Å². The van der Waals surface area contributed by atoms with Crippen molar-refractivity contribution in [2.45, 2.75) is 6.92 Å². The SMILES string of the molecule is Cc1ccc(C(=O)N2CCS(=O)(=O)CC2)cc1NC(=O)c1ccccc1F. The van der Waals surface area contributed by atoms with Crippen LogP contribution < -0.4 is 5.32 Å². The van der Waals surface area contributed by atoms with E-state index in [0.717, 1.165) is 5.56 Å². The van der Waals surface area contributed by atoms with E-state index < -0.39 is 21.6 Å². The summed E-state index contributed by atoms with van der Waals surface area (Å²) in [6.07, 6.45) is 0. The van der Waals surface area contributed by atoms with E-state index >= 15 is 0 Å². The van der Waals surface area contributed by atoms with Crippen molar-refractivity contribution >= 4 is 27.3 Å². The molecule has 0 radical (unpaired) electrons. The molecule has 0 saturated carbocycles. The van der Waals surface area contributed by atoms with Crippen molar-refractivity contribution < 1.29 is 22.4 Å². The largest absolute Gasteiger partial charge is 0.337 e. The molecule has 1 aliphatic heterocycles. The second kappa shape index (κ2) is 7.48. The van der Waals surface area contributed by atoms with Crippen molar-refractivity contribution in [2.24, 2.45) is 0 Å². The summed E-state index contributed by atoms with van der Waals surface area (Å²) in [5.74, 6) is -1.64. The molecule has 0 atom stereocenters. The van der Waals surface area contributed by atoms with Crippen LogP contribution in [-0.2, 0) is 9.84 Å². The maximum absolute atomic E-state index is 13.8. The molecule has 8 heteroatoms. The highest BCUT2D eigenvalue weighted by Crippen LogP contribution is 2.20. The van der Waals surface area contributed by atoms with Gasteiger partial charge in [0.2, 0.25) is 0 Å². The van der Waals surface area contributed by atoms with Crippen molar-refractivity contribution in [1.82, 2.24) is 4.90 Å². The third-order valence-electron chi connectivity index (χ3n) is 4.48. The van der Waals surface area contributed by atoms with Gasteiger partial charge in [0.05, 0.1) is 17.1 Å². The summed E-state index contributed by atoms with van der Waals surface area (Å²) in [6.45, 7) is 2.05. The molecule has 6 nitrogen and oxygen atoms in total. The van der Waals surface area contributed by atoms with Gasteiger partial charge in [-0.25, -0.2) is 12.8 Å². The first-order chi connectivity index (χ1) is 12.8. The van der Waals surface area contributed by atoms with Crippen LogP contribution in [0.1, 0.15) is 26.3 Å². The summed E-state index contributed by atoms with van der Waals surface area (Å²) in [4.78, 5) is 26.5. The Morgan fingerprint density at radius 1 is 1.07 bits per heavy atom. The highest BCUT2D eigenvalue weighted by Gasteiger charge is 2.26. The number of nitrogens with zero attached hydrogens (tertiary/aromatic N) is 1. The van der Waals surface area contributed by atoms with Crippen LogP contribution >= 0.6 is 0 Å². The second-order valence-electron chi connectivity index (χ2n) is 6.41. The number of anilines is 1. The van der Waals surface area contributed by atoms with Crippen molar-refractivity contribution in [3.8, 4) is 0 Å². The zero-order valence-corrected chi connectivity index (χ0v) is 15.6. The van der Waals surface area contributed by atoms with Gasteiger partial charge in [-0.3, -0.25) is 9.59 Å². The smallest absolute Gasteiger partial charge is 0.258 e. The zero-order chi connectivity index (χ0) is 19.6. The molecule has 0 unspecified atom stereocenters. The van der Waals surface area contributed by atoms with Gasteiger partial charge < -0.3 is 10.2 Å². The fourth-order valence-electron chi connectivity index (χ4n) is 2.82. The average Bonchev–Trinajstić information content (AvgIpc) is 2.63. The number of amides is 2. The highest BCUT2D eigenvalue weighted by molar-refractivity contribution is 7.91. The topological polar surface area (TPSA) is 83.6 Å². The molecule has 1 saturated heterocycles. The normalized spacial score (nSPS) is 16.0. The van der Waals surface area contributed by atoms with E-state index in [-0.39, 0.29) is 36.1 Å². The fourth-order valence-corrected chi connectivity index (χ4v) is 4.02. The molecule has 1 N–H and O–H groups in total. The van der Waals surface area contributed by atoms with Gasteiger partial charge in [0.1, 0.15) is 5.82 Å². The van der Waals surface area contributed by atoms with Gasteiger partial charge in [-0.2, -0.15) is 0 Å². The van der Waals surface area contributed by atoms with Crippen molar-refractivity contribution in [1.29, 1.82) is 0 Å². The van der Waals surface area contributed by atoms with Crippen LogP contribution in [0.3, 0.4) is 0 Å². The van der Waals surface area contributed by atoms with Crippen molar-refractivity contribution in [3.63, 3.8) is 0 Å². The Kier molecular flexibility index (Phi) is 5.27. The fraction of sp³-hybridized carbons (Fsp3) is 0.263. The lowest BCUT2D eigenvalue weighted by atomic mass is 10.1. The number of carbonyl (C=O) groups excluding carboxylic acids is 2. The van der Waals surface area contributed by atoms with E-state index in [9.17, 15) is 22.4 Å². The third-order valence-corrected chi connectivity index (χ3v) is 6.09. The molecule has 142 valence electrons. The number of sulfone groups is 1. The quantitative estimate of drug-likeness (QED) is 0.871. The third kappa shape index (κ3) is 4.33. The molecule has 0 bridgehead atoms. The second-order valence-corrected chi connectivity index (χ2v) is 8.71.